The first-order valence-electron chi connectivity index (χ1n) is 6.48. The number of hydrogen-bond acceptors (Lipinski definition) is 4. The summed E-state index contributed by atoms with van der Waals surface area (Å²) in [5.41, 5.74) is 0.914. The Balaban J connectivity index is 0.00000220. The van der Waals surface area contributed by atoms with Crippen molar-refractivity contribution in [1.82, 2.24) is 15.5 Å². The molecule has 1 aromatic rings. The summed E-state index contributed by atoms with van der Waals surface area (Å²) in [6, 6.07) is 1.61. The number of alkyl halides is 1. The van der Waals surface area contributed by atoms with E-state index in [-0.39, 0.29) is 32.6 Å². The Morgan fingerprint density at radius 3 is 2.60 bits per heavy atom. The summed E-state index contributed by atoms with van der Waals surface area (Å²) in [5.74, 6) is -1.02. The van der Waals surface area contributed by atoms with Gasteiger partial charge in [-0.3, -0.25) is 9.59 Å². The monoisotopic (exact) mass is 284 g/mol. The molecule has 0 bridgehead atoms. The Hall–Kier alpha value is -2.05. The first-order valence-corrected chi connectivity index (χ1v) is 6.48. The minimum atomic E-state index is -1.06. The predicted octanol–water partition coefficient (Wildman–Crippen LogP) is 1.75. The molecule has 0 aromatic carbocycles. The molecule has 1 fully saturated rings. The molecule has 0 radical (unpaired) electrons. The van der Waals surface area contributed by atoms with Gasteiger partial charge < -0.3 is 10.6 Å². The third-order valence-electron chi connectivity index (χ3n) is 3.19. The number of amides is 2. The van der Waals surface area contributed by atoms with Crippen molar-refractivity contribution in [3.05, 3.63) is 17.3 Å². The van der Waals surface area contributed by atoms with E-state index in [0.29, 0.717) is 5.56 Å². The quantitative estimate of drug-likeness (QED) is 0.882. The second-order valence-electron chi connectivity index (χ2n) is 5.11. The molecule has 2 atom stereocenters. The van der Waals surface area contributed by atoms with E-state index in [4.69, 9.17) is 0 Å². The lowest BCUT2D eigenvalue weighted by Crippen LogP contribution is -2.23. The number of carbonyl (C=O) groups is 2. The molecule has 0 spiro atoms. The van der Waals surface area contributed by atoms with Gasteiger partial charge in [0, 0.05) is 9.90 Å². The van der Waals surface area contributed by atoms with Crippen molar-refractivity contribution in [2.75, 3.05) is 12.4 Å². The lowest BCUT2D eigenvalue weighted by molar-refractivity contribution is -0.117. The van der Waals surface area contributed by atoms with Gasteiger partial charge in [0.25, 0.3) is 5.91 Å². The summed E-state index contributed by atoms with van der Waals surface area (Å²) in [4.78, 5) is 23.3. The molecule has 2 rings (SSSR count). The normalized spacial score (nSPS) is 20.6. The fraction of sp³-hybridized carbons (Fsp3) is 0.538. The highest BCUT2D eigenvalue weighted by atomic mass is 19.1. The van der Waals surface area contributed by atoms with E-state index >= 15 is 0 Å². The van der Waals surface area contributed by atoms with E-state index in [1.807, 2.05) is 13.8 Å². The molecule has 1 aromatic heterocycles. The van der Waals surface area contributed by atoms with Gasteiger partial charge in [-0.15, -0.1) is 10.2 Å². The summed E-state index contributed by atoms with van der Waals surface area (Å²) in [6.45, 7) is 3.82. The van der Waals surface area contributed by atoms with Crippen molar-refractivity contribution in [1.29, 1.82) is 0 Å². The van der Waals surface area contributed by atoms with Gasteiger partial charge in [0.1, 0.15) is 6.17 Å². The molecule has 20 heavy (non-hydrogen) atoms. The van der Waals surface area contributed by atoms with Gasteiger partial charge in [-0.25, -0.2) is 4.39 Å². The lowest BCUT2D eigenvalue weighted by Gasteiger charge is -2.12. The molecule has 2 N–H and O–H groups in total. The van der Waals surface area contributed by atoms with Gasteiger partial charge in [-0.2, -0.15) is 0 Å². The van der Waals surface area contributed by atoms with Crippen LogP contribution in [-0.4, -0.2) is 35.2 Å². The van der Waals surface area contributed by atoms with Crippen LogP contribution in [0.5, 0.6) is 0 Å². The first-order chi connectivity index (χ1) is 9.43. The van der Waals surface area contributed by atoms with E-state index in [1.165, 1.54) is 7.05 Å². The van der Waals surface area contributed by atoms with E-state index < -0.39 is 18.0 Å². The Morgan fingerprint density at radius 2 is 2.10 bits per heavy atom. The molecule has 112 valence electrons. The van der Waals surface area contributed by atoms with Crippen LogP contribution in [0.1, 0.15) is 45.1 Å². The molecule has 1 aliphatic rings. The minimum absolute atomic E-state index is 0. The Bertz CT molecular complexity index is 557. The zero-order chi connectivity index (χ0) is 14.9. The number of carbonyl (C=O) groups excluding carboxylic acids is 2. The van der Waals surface area contributed by atoms with Crippen LogP contribution in [0.15, 0.2) is 6.07 Å². The van der Waals surface area contributed by atoms with Crippen LogP contribution in [0.3, 0.4) is 0 Å². The van der Waals surface area contributed by atoms with Gasteiger partial charge >= 0.3 is 0 Å². The summed E-state index contributed by atoms with van der Waals surface area (Å²) >= 11 is 0. The predicted molar refractivity (Wildman–Crippen MR) is 75.4 cm³/mol. The van der Waals surface area contributed by atoms with Gasteiger partial charge in [0.15, 0.2) is 11.5 Å². The fourth-order valence-corrected chi connectivity index (χ4v) is 1.86. The Morgan fingerprint density at radius 1 is 1.45 bits per heavy atom. The van der Waals surface area contributed by atoms with Crippen LogP contribution >= 0.6 is 0 Å². The number of rotatable bonds is 4. The fourth-order valence-electron chi connectivity index (χ4n) is 1.86. The highest BCUT2D eigenvalue weighted by Gasteiger charge is 2.43. The van der Waals surface area contributed by atoms with Crippen molar-refractivity contribution in [2.45, 2.75) is 32.4 Å². The third-order valence-corrected chi connectivity index (χ3v) is 3.19. The number of nitrogens with one attached hydrogen (secondary N) is 2. The minimum Gasteiger partial charge on any atom is -0.354 e. The Kier molecular flexibility index (Phi) is 3.96. The van der Waals surface area contributed by atoms with Crippen LogP contribution in [-0.2, 0) is 4.79 Å². The topological polar surface area (TPSA) is 84.0 Å². The summed E-state index contributed by atoms with van der Waals surface area (Å²) < 4.78 is 12.8. The van der Waals surface area contributed by atoms with Gasteiger partial charge in [-0.05, 0) is 24.0 Å². The Labute approximate surface area is 119 Å². The van der Waals surface area contributed by atoms with Gasteiger partial charge in [0.05, 0.1) is 5.92 Å². The number of aromatic nitrogens is 2. The average Bonchev–Trinajstić information content (AvgIpc) is 3.15. The maximum Gasteiger partial charge on any atom is 0.271 e. The summed E-state index contributed by atoms with van der Waals surface area (Å²) in [5, 5.41) is 12.7. The molecule has 7 heteroatoms. The summed E-state index contributed by atoms with van der Waals surface area (Å²) in [6.07, 6.45) is -0.801. The zero-order valence-corrected chi connectivity index (χ0v) is 11.6. The molecular weight excluding hydrogens is 263 g/mol. The van der Waals surface area contributed by atoms with E-state index in [2.05, 4.69) is 20.8 Å². The van der Waals surface area contributed by atoms with E-state index in [1.54, 1.807) is 6.07 Å². The molecule has 1 heterocycles. The molecule has 6 nitrogen and oxygen atoms in total. The second kappa shape index (κ2) is 5.52. The van der Waals surface area contributed by atoms with Gasteiger partial charge in [0.2, 0.25) is 5.91 Å². The molecule has 0 aliphatic heterocycles. The second-order valence-corrected chi connectivity index (χ2v) is 5.11. The molecular formula is C13H21FN4O2. The van der Waals surface area contributed by atoms with E-state index in [0.717, 1.165) is 0 Å². The van der Waals surface area contributed by atoms with Crippen molar-refractivity contribution < 1.29 is 16.8 Å². The molecule has 0 unspecified atom stereocenters. The highest BCUT2D eigenvalue weighted by molar-refractivity contribution is 5.96. The van der Waals surface area contributed by atoms with Gasteiger partial charge in [-0.1, -0.05) is 13.8 Å². The largest absolute Gasteiger partial charge is 0.354 e. The lowest BCUT2D eigenvalue weighted by atomic mass is 10.0. The SMILES string of the molecule is CNC(=O)c1nnc(NC(=O)[C@@H]2C[C@@H]2F)cc1C(C)C.[HH].[HH]. The maximum atomic E-state index is 12.8. The van der Waals surface area contributed by atoms with Crippen molar-refractivity contribution >= 4 is 17.6 Å². The third kappa shape index (κ3) is 2.92. The molecule has 0 saturated heterocycles. The summed E-state index contributed by atoms with van der Waals surface area (Å²) in [7, 11) is 1.51. The molecule has 1 aliphatic carbocycles. The van der Waals surface area contributed by atoms with Crippen molar-refractivity contribution in [3.63, 3.8) is 0 Å². The van der Waals surface area contributed by atoms with Crippen molar-refractivity contribution in [2.24, 2.45) is 5.92 Å². The maximum absolute atomic E-state index is 12.8. The standard InChI is InChI=1S/C13H17FN4O2.2H2/c1-6(2)7-5-10(16-12(19)8-4-9(8)14)17-18-11(7)13(20)15-3;;/h5-6,8-9H,4H2,1-3H3,(H,15,20)(H,16,17,19);2*1H/t8-,9+;;/m1../s1. The number of nitrogens with zero attached hydrogens (tertiary/aromatic N) is 2. The van der Waals surface area contributed by atoms with E-state index in [9.17, 15) is 14.0 Å². The molecule has 1 saturated carbocycles. The van der Waals surface area contributed by atoms with Crippen LogP contribution in [0.25, 0.3) is 0 Å². The van der Waals surface area contributed by atoms with Crippen LogP contribution in [0.4, 0.5) is 10.2 Å². The number of hydrogen-bond donors (Lipinski definition) is 2. The van der Waals surface area contributed by atoms with Crippen LogP contribution < -0.4 is 10.6 Å². The zero-order valence-electron chi connectivity index (χ0n) is 11.6. The number of halogens is 1. The highest BCUT2D eigenvalue weighted by Crippen LogP contribution is 2.34. The van der Waals surface area contributed by atoms with Crippen LogP contribution in [0, 0.1) is 5.92 Å². The average molecular weight is 284 g/mol. The number of anilines is 1. The first kappa shape index (κ1) is 14.4. The smallest absolute Gasteiger partial charge is 0.271 e. The van der Waals surface area contributed by atoms with Crippen molar-refractivity contribution in [3.8, 4) is 0 Å². The molecule has 2 amide bonds. The van der Waals surface area contributed by atoms with Crippen LogP contribution in [0.2, 0.25) is 0 Å².